The summed E-state index contributed by atoms with van der Waals surface area (Å²) in [7, 11) is 0. The van der Waals surface area contributed by atoms with Crippen molar-refractivity contribution in [1.29, 1.82) is 0 Å². The molecule has 0 unspecified atom stereocenters. The fourth-order valence-electron chi connectivity index (χ4n) is 2.14. The Morgan fingerprint density at radius 2 is 1.71 bits per heavy atom. The predicted molar refractivity (Wildman–Crippen MR) is 83.3 cm³/mol. The van der Waals surface area contributed by atoms with Crippen molar-refractivity contribution in [1.82, 2.24) is 0 Å². The summed E-state index contributed by atoms with van der Waals surface area (Å²) in [6, 6.07) is 17.2. The highest BCUT2D eigenvalue weighted by Gasteiger charge is 2.11. The molecule has 0 fully saturated rings. The zero-order valence-corrected chi connectivity index (χ0v) is 11.7. The molecule has 0 saturated carbocycles. The molecule has 0 aliphatic carbocycles. The number of nitrogens with one attached hydrogen (secondary N) is 1. The summed E-state index contributed by atoms with van der Waals surface area (Å²) in [5.74, 6) is -0.836. The SMILES string of the molecule is O=C(Nc1ccc2ccccc2c1)c1ccc(F)cc1Cl. The van der Waals surface area contributed by atoms with E-state index < -0.39 is 5.82 Å². The fourth-order valence-corrected chi connectivity index (χ4v) is 2.39. The molecule has 0 bridgehead atoms. The van der Waals surface area contributed by atoms with Crippen LogP contribution in [-0.4, -0.2) is 5.91 Å². The van der Waals surface area contributed by atoms with Gasteiger partial charge in [-0.15, -0.1) is 0 Å². The summed E-state index contributed by atoms with van der Waals surface area (Å²) in [6.45, 7) is 0. The average molecular weight is 300 g/mol. The van der Waals surface area contributed by atoms with Crippen LogP contribution in [0.1, 0.15) is 10.4 Å². The minimum atomic E-state index is -0.470. The topological polar surface area (TPSA) is 29.1 Å². The number of fused-ring (bicyclic) bond motifs is 1. The van der Waals surface area contributed by atoms with Crippen LogP contribution in [0.5, 0.6) is 0 Å². The van der Waals surface area contributed by atoms with Crippen LogP contribution in [0.15, 0.2) is 60.7 Å². The smallest absolute Gasteiger partial charge is 0.257 e. The van der Waals surface area contributed by atoms with Crippen molar-refractivity contribution in [3.63, 3.8) is 0 Å². The predicted octanol–water partition coefficient (Wildman–Crippen LogP) is 4.88. The van der Waals surface area contributed by atoms with Gasteiger partial charge in [0, 0.05) is 5.69 Å². The van der Waals surface area contributed by atoms with E-state index in [4.69, 9.17) is 11.6 Å². The van der Waals surface area contributed by atoms with E-state index in [-0.39, 0.29) is 16.5 Å². The van der Waals surface area contributed by atoms with Crippen LogP contribution < -0.4 is 5.32 Å². The van der Waals surface area contributed by atoms with Gasteiger partial charge in [-0.25, -0.2) is 4.39 Å². The Hall–Kier alpha value is -2.39. The minimum absolute atomic E-state index is 0.0910. The maximum Gasteiger partial charge on any atom is 0.257 e. The molecule has 0 radical (unpaired) electrons. The number of anilines is 1. The van der Waals surface area contributed by atoms with Crippen molar-refractivity contribution in [3.8, 4) is 0 Å². The first-order chi connectivity index (χ1) is 10.1. The van der Waals surface area contributed by atoms with Crippen LogP contribution in [0.3, 0.4) is 0 Å². The molecule has 3 aromatic rings. The molecular weight excluding hydrogens is 289 g/mol. The number of hydrogen-bond donors (Lipinski definition) is 1. The maximum atomic E-state index is 13.0. The normalized spacial score (nSPS) is 10.6. The van der Waals surface area contributed by atoms with Gasteiger partial charge in [0.1, 0.15) is 5.82 Å². The van der Waals surface area contributed by atoms with Gasteiger partial charge in [0.2, 0.25) is 0 Å². The molecule has 21 heavy (non-hydrogen) atoms. The zero-order valence-electron chi connectivity index (χ0n) is 10.9. The van der Waals surface area contributed by atoms with Crippen molar-refractivity contribution < 1.29 is 9.18 Å². The zero-order chi connectivity index (χ0) is 14.8. The van der Waals surface area contributed by atoms with Gasteiger partial charge in [0.15, 0.2) is 0 Å². The van der Waals surface area contributed by atoms with Gasteiger partial charge in [-0.05, 0) is 41.1 Å². The van der Waals surface area contributed by atoms with Gasteiger partial charge in [-0.3, -0.25) is 4.79 Å². The molecule has 1 amide bonds. The van der Waals surface area contributed by atoms with Crippen LogP contribution in [0.2, 0.25) is 5.02 Å². The largest absolute Gasteiger partial charge is 0.322 e. The number of carbonyl (C=O) groups excluding carboxylic acids is 1. The third kappa shape index (κ3) is 2.88. The second-order valence-electron chi connectivity index (χ2n) is 4.64. The molecule has 0 aliphatic rings. The number of benzene rings is 3. The Morgan fingerprint density at radius 1 is 0.952 bits per heavy atom. The molecule has 1 N–H and O–H groups in total. The lowest BCUT2D eigenvalue weighted by Crippen LogP contribution is -2.12. The van der Waals surface area contributed by atoms with Gasteiger partial charge >= 0.3 is 0 Å². The van der Waals surface area contributed by atoms with E-state index in [1.54, 1.807) is 0 Å². The molecule has 0 aromatic heterocycles. The van der Waals surface area contributed by atoms with Gasteiger partial charge in [0.05, 0.1) is 10.6 Å². The molecule has 0 spiro atoms. The van der Waals surface area contributed by atoms with Crippen molar-refractivity contribution >= 4 is 34.0 Å². The van der Waals surface area contributed by atoms with Crippen LogP contribution in [0.4, 0.5) is 10.1 Å². The molecule has 2 nitrogen and oxygen atoms in total. The van der Waals surface area contributed by atoms with E-state index in [0.29, 0.717) is 5.69 Å². The van der Waals surface area contributed by atoms with Crippen LogP contribution in [-0.2, 0) is 0 Å². The summed E-state index contributed by atoms with van der Waals surface area (Å²) in [5.41, 5.74) is 0.908. The quantitative estimate of drug-likeness (QED) is 0.717. The van der Waals surface area contributed by atoms with E-state index in [1.807, 2.05) is 42.5 Å². The lowest BCUT2D eigenvalue weighted by Gasteiger charge is -2.08. The van der Waals surface area contributed by atoms with Crippen molar-refractivity contribution in [2.45, 2.75) is 0 Å². The lowest BCUT2D eigenvalue weighted by molar-refractivity contribution is 0.102. The summed E-state index contributed by atoms with van der Waals surface area (Å²) in [6.07, 6.45) is 0. The second-order valence-corrected chi connectivity index (χ2v) is 5.05. The molecular formula is C17H11ClFNO. The monoisotopic (exact) mass is 299 g/mol. The van der Waals surface area contributed by atoms with E-state index in [0.717, 1.165) is 16.8 Å². The van der Waals surface area contributed by atoms with E-state index in [9.17, 15) is 9.18 Å². The number of rotatable bonds is 2. The standard InChI is InChI=1S/C17H11ClFNO/c18-16-10-13(19)6-8-15(16)17(21)20-14-7-5-11-3-1-2-4-12(11)9-14/h1-10H,(H,20,21). The molecule has 104 valence electrons. The first-order valence-electron chi connectivity index (χ1n) is 6.39. The van der Waals surface area contributed by atoms with Gasteiger partial charge in [0.25, 0.3) is 5.91 Å². The summed E-state index contributed by atoms with van der Waals surface area (Å²) < 4.78 is 13.0. The number of carbonyl (C=O) groups is 1. The highest BCUT2D eigenvalue weighted by Crippen LogP contribution is 2.22. The van der Waals surface area contributed by atoms with Crippen LogP contribution in [0.25, 0.3) is 10.8 Å². The number of hydrogen-bond acceptors (Lipinski definition) is 1. The highest BCUT2D eigenvalue weighted by atomic mass is 35.5. The third-order valence-corrected chi connectivity index (χ3v) is 3.50. The lowest BCUT2D eigenvalue weighted by atomic mass is 10.1. The van der Waals surface area contributed by atoms with Crippen molar-refractivity contribution in [3.05, 3.63) is 77.1 Å². The van der Waals surface area contributed by atoms with Crippen LogP contribution >= 0.6 is 11.6 Å². The molecule has 0 atom stereocenters. The molecule has 0 saturated heterocycles. The number of amides is 1. The molecule has 0 aliphatic heterocycles. The first kappa shape index (κ1) is 13.6. The van der Waals surface area contributed by atoms with Crippen molar-refractivity contribution in [2.75, 3.05) is 5.32 Å². The Labute approximate surface area is 126 Å². The third-order valence-electron chi connectivity index (χ3n) is 3.18. The minimum Gasteiger partial charge on any atom is -0.322 e. The van der Waals surface area contributed by atoms with Gasteiger partial charge < -0.3 is 5.32 Å². The van der Waals surface area contributed by atoms with Gasteiger partial charge in [-0.2, -0.15) is 0 Å². The average Bonchev–Trinajstić information content (AvgIpc) is 2.47. The molecule has 3 rings (SSSR count). The molecule has 4 heteroatoms. The highest BCUT2D eigenvalue weighted by molar-refractivity contribution is 6.34. The van der Waals surface area contributed by atoms with E-state index >= 15 is 0 Å². The van der Waals surface area contributed by atoms with E-state index in [2.05, 4.69) is 5.32 Å². The Morgan fingerprint density at radius 3 is 2.48 bits per heavy atom. The second kappa shape index (κ2) is 5.54. The summed E-state index contributed by atoms with van der Waals surface area (Å²) in [4.78, 5) is 12.2. The first-order valence-corrected chi connectivity index (χ1v) is 6.76. The summed E-state index contributed by atoms with van der Waals surface area (Å²) in [5, 5.41) is 4.98. The summed E-state index contributed by atoms with van der Waals surface area (Å²) >= 11 is 5.88. The molecule has 0 heterocycles. The van der Waals surface area contributed by atoms with E-state index in [1.165, 1.54) is 12.1 Å². The Bertz CT molecular complexity index is 832. The number of halogens is 2. The molecule has 3 aromatic carbocycles. The Balaban J connectivity index is 1.89. The van der Waals surface area contributed by atoms with Crippen molar-refractivity contribution in [2.24, 2.45) is 0 Å². The fraction of sp³-hybridized carbons (Fsp3) is 0. The Kier molecular flexibility index (Phi) is 3.59. The van der Waals surface area contributed by atoms with Crippen LogP contribution in [0, 0.1) is 5.82 Å². The maximum absolute atomic E-state index is 13.0. The van der Waals surface area contributed by atoms with Gasteiger partial charge in [-0.1, -0.05) is 41.9 Å².